The van der Waals surface area contributed by atoms with E-state index in [1.807, 2.05) is 18.3 Å². The molecule has 0 atom stereocenters. The Kier molecular flexibility index (Phi) is 3.38. The third-order valence-corrected chi connectivity index (χ3v) is 4.17. The Balaban J connectivity index is 1.99. The summed E-state index contributed by atoms with van der Waals surface area (Å²) in [6.45, 7) is 2.96. The normalized spacial score (nSPS) is 10.3. The molecule has 15 heavy (non-hydrogen) atoms. The first-order chi connectivity index (χ1) is 7.25. The fraction of sp³-hybridized carbons (Fsp3) is 0.182. The fourth-order valence-corrected chi connectivity index (χ4v) is 2.80. The summed E-state index contributed by atoms with van der Waals surface area (Å²) in [5.74, 6) is 0. The van der Waals surface area contributed by atoms with Crippen LogP contribution >= 0.6 is 27.3 Å². The minimum Gasteiger partial charge on any atom is -0.379 e. The molecule has 0 fully saturated rings. The van der Waals surface area contributed by atoms with Gasteiger partial charge in [0.2, 0.25) is 0 Å². The third kappa shape index (κ3) is 2.79. The van der Waals surface area contributed by atoms with Crippen LogP contribution < -0.4 is 5.32 Å². The van der Waals surface area contributed by atoms with Gasteiger partial charge in [-0.3, -0.25) is 4.98 Å². The number of anilines is 1. The number of aromatic nitrogens is 1. The first kappa shape index (κ1) is 10.6. The van der Waals surface area contributed by atoms with Crippen molar-refractivity contribution in [2.45, 2.75) is 13.5 Å². The fourth-order valence-electron chi connectivity index (χ4n) is 1.26. The highest BCUT2D eigenvalue weighted by Gasteiger charge is 2.02. The van der Waals surface area contributed by atoms with E-state index in [0.29, 0.717) is 0 Å². The second-order valence-corrected chi connectivity index (χ2v) is 5.41. The van der Waals surface area contributed by atoms with E-state index >= 15 is 0 Å². The quantitative estimate of drug-likeness (QED) is 0.926. The van der Waals surface area contributed by atoms with E-state index in [2.05, 4.69) is 39.2 Å². The SMILES string of the molecule is Cc1sc(CNc2cccnc2)cc1Br. The van der Waals surface area contributed by atoms with Gasteiger partial charge in [0, 0.05) is 33.2 Å². The zero-order chi connectivity index (χ0) is 10.7. The Bertz CT molecular complexity index is 420. The van der Waals surface area contributed by atoms with Crippen LogP contribution in [-0.4, -0.2) is 4.98 Å². The standard InChI is InChI=1S/C11H11BrN2S/c1-8-11(12)5-10(15-8)7-14-9-3-2-4-13-6-9/h2-6,14H,7H2,1H3. The smallest absolute Gasteiger partial charge is 0.0529 e. The predicted molar refractivity (Wildman–Crippen MR) is 68.3 cm³/mol. The molecule has 0 aromatic carbocycles. The van der Waals surface area contributed by atoms with Crippen molar-refractivity contribution in [3.05, 3.63) is 44.8 Å². The van der Waals surface area contributed by atoms with Gasteiger partial charge in [-0.2, -0.15) is 0 Å². The third-order valence-electron chi connectivity index (χ3n) is 2.04. The molecule has 0 aliphatic carbocycles. The molecule has 2 rings (SSSR count). The molecule has 0 bridgehead atoms. The summed E-state index contributed by atoms with van der Waals surface area (Å²) in [5.41, 5.74) is 1.06. The van der Waals surface area contributed by atoms with Crippen molar-refractivity contribution in [1.82, 2.24) is 4.98 Å². The largest absolute Gasteiger partial charge is 0.379 e. The van der Waals surface area contributed by atoms with E-state index in [-0.39, 0.29) is 0 Å². The van der Waals surface area contributed by atoms with Gasteiger partial charge in [-0.1, -0.05) is 0 Å². The topological polar surface area (TPSA) is 24.9 Å². The average molecular weight is 283 g/mol. The molecule has 0 aliphatic rings. The molecule has 2 aromatic rings. The molecule has 0 radical (unpaired) electrons. The van der Waals surface area contributed by atoms with Crippen LogP contribution in [0.15, 0.2) is 35.1 Å². The zero-order valence-corrected chi connectivity index (χ0v) is 10.7. The van der Waals surface area contributed by atoms with Gasteiger partial charge in [0.05, 0.1) is 5.69 Å². The molecule has 2 heterocycles. The highest BCUT2D eigenvalue weighted by Crippen LogP contribution is 2.26. The second-order valence-electron chi connectivity index (χ2n) is 3.21. The molecule has 4 heteroatoms. The van der Waals surface area contributed by atoms with Crippen molar-refractivity contribution < 1.29 is 0 Å². The van der Waals surface area contributed by atoms with Gasteiger partial charge in [0.15, 0.2) is 0 Å². The molecule has 0 saturated carbocycles. The lowest BCUT2D eigenvalue weighted by Crippen LogP contribution is -1.96. The van der Waals surface area contributed by atoms with E-state index in [9.17, 15) is 0 Å². The van der Waals surface area contributed by atoms with E-state index in [1.54, 1.807) is 17.5 Å². The maximum atomic E-state index is 4.05. The van der Waals surface area contributed by atoms with Crippen LogP contribution in [0.2, 0.25) is 0 Å². The first-order valence-electron chi connectivity index (χ1n) is 4.64. The van der Waals surface area contributed by atoms with Crippen molar-refractivity contribution in [2.75, 3.05) is 5.32 Å². The Morgan fingerprint density at radius 1 is 1.53 bits per heavy atom. The summed E-state index contributed by atoms with van der Waals surface area (Å²) in [7, 11) is 0. The summed E-state index contributed by atoms with van der Waals surface area (Å²) in [6.07, 6.45) is 3.60. The summed E-state index contributed by atoms with van der Waals surface area (Å²) in [6, 6.07) is 6.10. The molecule has 0 saturated heterocycles. The maximum absolute atomic E-state index is 4.05. The van der Waals surface area contributed by atoms with Crippen molar-refractivity contribution in [1.29, 1.82) is 0 Å². The van der Waals surface area contributed by atoms with Gasteiger partial charge >= 0.3 is 0 Å². The minimum atomic E-state index is 0.850. The predicted octanol–water partition coefficient (Wildman–Crippen LogP) is 3.83. The Labute approximate surface area is 101 Å². The van der Waals surface area contributed by atoms with Crippen molar-refractivity contribution in [2.24, 2.45) is 0 Å². The molecule has 2 nitrogen and oxygen atoms in total. The van der Waals surface area contributed by atoms with Crippen molar-refractivity contribution >= 4 is 33.0 Å². The molecular formula is C11H11BrN2S. The van der Waals surface area contributed by atoms with Crippen LogP contribution in [0.25, 0.3) is 0 Å². The van der Waals surface area contributed by atoms with Crippen molar-refractivity contribution in [3.8, 4) is 0 Å². The highest BCUT2D eigenvalue weighted by molar-refractivity contribution is 9.10. The molecule has 0 spiro atoms. The van der Waals surface area contributed by atoms with Crippen LogP contribution in [0.3, 0.4) is 0 Å². The number of hydrogen-bond acceptors (Lipinski definition) is 3. The van der Waals surface area contributed by atoms with E-state index in [0.717, 1.165) is 12.2 Å². The number of nitrogens with one attached hydrogen (secondary N) is 1. The maximum Gasteiger partial charge on any atom is 0.0529 e. The van der Waals surface area contributed by atoms with Gasteiger partial charge in [0.1, 0.15) is 0 Å². The Morgan fingerprint density at radius 2 is 2.40 bits per heavy atom. The first-order valence-corrected chi connectivity index (χ1v) is 6.25. The summed E-state index contributed by atoms with van der Waals surface area (Å²) >= 11 is 5.32. The van der Waals surface area contributed by atoms with Gasteiger partial charge in [0.25, 0.3) is 0 Å². The Hall–Kier alpha value is -0.870. The van der Waals surface area contributed by atoms with Crippen LogP contribution in [0.4, 0.5) is 5.69 Å². The van der Waals surface area contributed by atoms with Gasteiger partial charge in [-0.05, 0) is 41.1 Å². The zero-order valence-electron chi connectivity index (χ0n) is 8.33. The number of nitrogens with zero attached hydrogens (tertiary/aromatic N) is 1. The highest BCUT2D eigenvalue weighted by atomic mass is 79.9. The molecule has 78 valence electrons. The second kappa shape index (κ2) is 4.77. The summed E-state index contributed by atoms with van der Waals surface area (Å²) < 4.78 is 1.19. The molecule has 1 N–H and O–H groups in total. The minimum absolute atomic E-state index is 0.850. The number of halogens is 1. The van der Waals surface area contributed by atoms with Crippen LogP contribution in [0.5, 0.6) is 0 Å². The van der Waals surface area contributed by atoms with Gasteiger partial charge in [-0.25, -0.2) is 0 Å². The summed E-state index contributed by atoms with van der Waals surface area (Å²) in [4.78, 5) is 6.69. The molecule has 2 aromatic heterocycles. The van der Waals surface area contributed by atoms with E-state index in [4.69, 9.17) is 0 Å². The number of aryl methyl sites for hydroxylation is 1. The lowest BCUT2D eigenvalue weighted by molar-refractivity contribution is 1.17. The summed E-state index contributed by atoms with van der Waals surface area (Å²) in [5, 5.41) is 3.33. The molecule has 0 aliphatic heterocycles. The number of hydrogen-bond donors (Lipinski definition) is 1. The van der Waals surface area contributed by atoms with Crippen molar-refractivity contribution in [3.63, 3.8) is 0 Å². The van der Waals surface area contributed by atoms with Crippen LogP contribution in [0, 0.1) is 6.92 Å². The van der Waals surface area contributed by atoms with E-state index in [1.165, 1.54) is 14.2 Å². The lowest BCUT2D eigenvalue weighted by Gasteiger charge is -2.02. The number of rotatable bonds is 3. The van der Waals surface area contributed by atoms with Gasteiger partial charge in [-0.15, -0.1) is 11.3 Å². The number of thiophene rings is 1. The van der Waals surface area contributed by atoms with E-state index < -0.39 is 0 Å². The lowest BCUT2D eigenvalue weighted by atomic mass is 10.4. The molecule has 0 unspecified atom stereocenters. The van der Waals surface area contributed by atoms with Crippen LogP contribution in [-0.2, 0) is 6.54 Å². The average Bonchev–Trinajstić information content (AvgIpc) is 2.57. The molecular weight excluding hydrogens is 272 g/mol. The van der Waals surface area contributed by atoms with Gasteiger partial charge < -0.3 is 5.32 Å². The number of pyridine rings is 1. The Morgan fingerprint density at radius 3 is 3.00 bits per heavy atom. The molecule has 0 amide bonds. The monoisotopic (exact) mass is 282 g/mol. The van der Waals surface area contributed by atoms with Crippen LogP contribution in [0.1, 0.15) is 9.75 Å².